The number of hydrogen-bond acceptors (Lipinski definition) is 10. The molecule has 10 heteroatoms. The van der Waals surface area contributed by atoms with Crippen LogP contribution in [0.1, 0.15) is 23.7 Å². The second-order valence-electron chi connectivity index (χ2n) is 6.54. The third kappa shape index (κ3) is 3.47. The molecule has 1 fully saturated rings. The summed E-state index contributed by atoms with van der Waals surface area (Å²) in [6, 6.07) is 2.16. The van der Waals surface area contributed by atoms with Crippen LogP contribution < -0.4 is 4.74 Å². The number of aromatic hydroxyl groups is 2. The van der Waals surface area contributed by atoms with Crippen molar-refractivity contribution in [2.75, 3.05) is 6.61 Å². The van der Waals surface area contributed by atoms with Gasteiger partial charge in [0.1, 0.15) is 47.2 Å². The predicted octanol–water partition coefficient (Wildman–Crippen LogP) is -1.16. The van der Waals surface area contributed by atoms with Gasteiger partial charge in [-0.25, -0.2) is 0 Å². The number of benzene rings is 1. The fourth-order valence-corrected chi connectivity index (χ4v) is 3.26. The summed E-state index contributed by atoms with van der Waals surface area (Å²) in [5, 5.41) is 58.6. The smallest absolute Gasteiger partial charge is 0.212 e. The molecule has 0 aromatic heterocycles. The fourth-order valence-electron chi connectivity index (χ4n) is 3.26. The molecule has 3 rings (SSSR count). The van der Waals surface area contributed by atoms with Crippen LogP contribution in [-0.2, 0) is 9.47 Å². The summed E-state index contributed by atoms with van der Waals surface area (Å²) in [7, 11) is 0. The Morgan fingerprint density at radius 3 is 2.41 bits per heavy atom. The summed E-state index contributed by atoms with van der Waals surface area (Å²) in [5.74, 6) is -2.19. The Balaban J connectivity index is 1.86. The number of phenols is 2. The Labute approximate surface area is 154 Å². The van der Waals surface area contributed by atoms with Crippen LogP contribution in [0.3, 0.4) is 0 Å². The van der Waals surface area contributed by atoms with Gasteiger partial charge in [-0.3, -0.25) is 4.79 Å². The highest BCUT2D eigenvalue weighted by molar-refractivity contribution is 6.04. The Bertz CT molecular complexity index is 705. The van der Waals surface area contributed by atoms with Gasteiger partial charge in [0, 0.05) is 12.1 Å². The number of rotatable bonds is 4. The molecule has 10 nitrogen and oxygen atoms in total. The van der Waals surface area contributed by atoms with Crippen molar-refractivity contribution >= 4 is 5.78 Å². The van der Waals surface area contributed by atoms with Gasteiger partial charge in [0.15, 0.2) is 12.1 Å². The first-order valence-corrected chi connectivity index (χ1v) is 8.51. The Kier molecular flexibility index (Phi) is 5.56. The monoisotopic (exact) mass is 386 g/mol. The summed E-state index contributed by atoms with van der Waals surface area (Å²) in [5.41, 5.74) is -0.0895. The lowest BCUT2D eigenvalue weighted by Gasteiger charge is -2.42. The standard InChI is InChI=1S/C17H22O10/c1-2-7-12(21)11-8(20)3-6(19)4-9(11)25-16(7)27-17-15(24)14(23)13(22)10(5-18)26-17/h3-4,7,10,13-20,22-24H,2,5H2,1H3/t7-,10-,13-,14+,15-,16+,17+/m1/s1. The van der Waals surface area contributed by atoms with E-state index in [4.69, 9.17) is 14.2 Å². The lowest BCUT2D eigenvalue weighted by atomic mass is 9.90. The lowest BCUT2D eigenvalue weighted by molar-refractivity contribution is -0.332. The molecule has 0 amide bonds. The number of hydrogen-bond donors (Lipinski definition) is 6. The Morgan fingerprint density at radius 2 is 1.78 bits per heavy atom. The van der Waals surface area contributed by atoms with Gasteiger partial charge >= 0.3 is 0 Å². The van der Waals surface area contributed by atoms with Crippen molar-refractivity contribution in [2.24, 2.45) is 5.92 Å². The maximum Gasteiger partial charge on any atom is 0.212 e. The third-order valence-electron chi connectivity index (χ3n) is 4.78. The first kappa shape index (κ1) is 19.8. The Morgan fingerprint density at radius 1 is 1.07 bits per heavy atom. The highest BCUT2D eigenvalue weighted by Gasteiger charge is 2.47. The van der Waals surface area contributed by atoms with Crippen molar-refractivity contribution in [3.63, 3.8) is 0 Å². The maximum atomic E-state index is 12.7. The minimum Gasteiger partial charge on any atom is -0.508 e. The van der Waals surface area contributed by atoms with E-state index in [1.807, 2.05) is 0 Å². The van der Waals surface area contributed by atoms with Gasteiger partial charge in [0.2, 0.25) is 6.29 Å². The van der Waals surface area contributed by atoms with E-state index in [2.05, 4.69) is 0 Å². The minimum atomic E-state index is -1.65. The summed E-state index contributed by atoms with van der Waals surface area (Å²) in [6.07, 6.45) is -8.49. The summed E-state index contributed by atoms with van der Waals surface area (Å²) in [4.78, 5) is 12.7. The van der Waals surface area contributed by atoms with E-state index in [0.29, 0.717) is 0 Å². The zero-order valence-electron chi connectivity index (χ0n) is 14.4. The molecule has 27 heavy (non-hydrogen) atoms. The molecular formula is C17H22O10. The van der Waals surface area contributed by atoms with Crippen LogP contribution in [-0.4, -0.2) is 80.0 Å². The van der Waals surface area contributed by atoms with Gasteiger partial charge < -0.3 is 44.8 Å². The average Bonchev–Trinajstić information content (AvgIpc) is 2.61. The van der Waals surface area contributed by atoms with Gasteiger partial charge in [0.05, 0.1) is 12.5 Å². The number of aliphatic hydroxyl groups excluding tert-OH is 4. The summed E-state index contributed by atoms with van der Waals surface area (Å²) in [6.45, 7) is 1.06. The molecule has 1 aromatic rings. The van der Waals surface area contributed by atoms with Crippen LogP contribution in [0, 0.1) is 5.92 Å². The van der Waals surface area contributed by atoms with E-state index in [1.165, 1.54) is 0 Å². The molecule has 1 saturated heterocycles. The van der Waals surface area contributed by atoms with E-state index in [9.17, 15) is 35.4 Å². The molecular weight excluding hydrogens is 364 g/mol. The topological polar surface area (TPSA) is 166 Å². The molecule has 6 N–H and O–H groups in total. The highest BCUT2D eigenvalue weighted by Crippen LogP contribution is 2.41. The van der Waals surface area contributed by atoms with E-state index in [0.717, 1.165) is 12.1 Å². The molecule has 0 spiro atoms. The van der Waals surface area contributed by atoms with Crippen molar-refractivity contribution in [2.45, 2.75) is 50.3 Å². The molecule has 0 bridgehead atoms. The van der Waals surface area contributed by atoms with Crippen molar-refractivity contribution < 1.29 is 49.6 Å². The van der Waals surface area contributed by atoms with Crippen LogP contribution in [0.15, 0.2) is 12.1 Å². The molecule has 0 unspecified atom stereocenters. The average molecular weight is 386 g/mol. The number of ketones is 1. The van der Waals surface area contributed by atoms with Crippen LogP contribution in [0.25, 0.3) is 0 Å². The second kappa shape index (κ2) is 7.58. The molecule has 1 aromatic carbocycles. The number of carbonyl (C=O) groups is 1. The SMILES string of the molecule is CC[C@@H]1C(=O)c2c(O)cc(O)cc2O[C@H]1O[C@@H]1O[C@H](CO)[C@@H](O)[C@H](O)[C@H]1O. The normalized spacial score (nSPS) is 36.2. The Hall–Kier alpha value is -1.95. The number of fused-ring (bicyclic) bond motifs is 1. The van der Waals surface area contributed by atoms with E-state index >= 15 is 0 Å². The quantitative estimate of drug-likeness (QED) is 0.372. The van der Waals surface area contributed by atoms with Crippen LogP contribution in [0.2, 0.25) is 0 Å². The molecule has 2 aliphatic rings. The number of phenolic OH excluding ortho intramolecular Hbond substituents is 2. The molecule has 0 saturated carbocycles. The van der Waals surface area contributed by atoms with E-state index < -0.39 is 61.1 Å². The van der Waals surface area contributed by atoms with Crippen LogP contribution >= 0.6 is 0 Å². The molecule has 150 valence electrons. The first-order valence-electron chi connectivity index (χ1n) is 8.51. The number of ether oxygens (including phenoxy) is 3. The van der Waals surface area contributed by atoms with Crippen molar-refractivity contribution in [1.29, 1.82) is 0 Å². The molecule has 2 heterocycles. The number of aliphatic hydroxyl groups is 4. The number of carbonyl (C=O) groups excluding carboxylic acids is 1. The van der Waals surface area contributed by atoms with Crippen LogP contribution in [0.5, 0.6) is 17.2 Å². The lowest BCUT2D eigenvalue weighted by Crippen LogP contribution is -2.60. The van der Waals surface area contributed by atoms with E-state index in [-0.39, 0.29) is 23.5 Å². The molecule has 0 radical (unpaired) electrons. The van der Waals surface area contributed by atoms with Crippen molar-refractivity contribution in [1.82, 2.24) is 0 Å². The fraction of sp³-hybridized carbons (Fsp3) is 0.588. The van der Waals surface area contributed by atoms with Gasteiger partial charge in [-0.05, 0) is 6.42 Å². The zero-order valence-corrected chi connectivity index (χ0v) is 14.4. The van der Waals surface area contributed by atoms with Gasteiger partial charge in [0.25, 0.3) is 0 Å². The summed E-state index contributed by atoms with van der Waals surface area (Å²) >= 11 is 0. The van der Waals surface area contributed by atoms with Crippen molar-refractivity contribution in [3.8, 4) is 17.2 Å². The first-order chi connectivity index (χ1) is 12.8. The number of Topliss-reactive ketones (excluding diaryl/α,β-unsaturated/α-hetero) is 1. The largest absolute Gasteiger partial charge is 0.508 e. The summed E-state index contributed by atoms with van der Waals surface area (Å²) < 4.78 is 16.4. The highest BCUT2D eigenvalue weighted by atomic mass is 16.8. The van der Waals surface area contributed by atoms with Crippen LogP contribution in [0.4, 0.5) is 0 Å². The molecule has 2 aliphatic heterocycles. The van der Waals surface area contributed by atoms with Crippen molar-refractivity contribution in [3.05, 3.63) is 17.7 Å². The van der Waals surface area contributed by atoms with Gasteiger partial charge in [-0.2, -0.15) is 0 Å². The third-order valence-corrected chi connectivity index (χ3v) is 4.78. The van der Waals surface area contributed by atoms with Gasteiger partial charge in [-0.1, -0.05) is 6.92 Å². The van der Waals surface area contributed by atoms with Gasteiger partial charge in [-0.15, -0.1) is 0 Å². The molecule has 7 atom stereocenters. The van der Waals surface area contributed by atoms with E-state index in [1.54, 1.807) is 6.92 Å². The molecule has 0 aliphatic carbocycles. The second-order valence-corrected chi connectivity index (χ2v) is 6.54. The minimum absolute atomic E-state index is 0.0895. The predicted molar refractivity (Wildman–Crippen MR) is 87.2 cm³/mol. The maximum absolute atomic E-state index is 12.7. The zero-order chi connectivity index (χ0) is 19.9.